The molecule has 0 aliphatic heterocycles. The molecule has 0 spiro atoms. The molecule has 0 aromatic heterocycles. The van der Waals surface area contributed by atoms with E-state index in [0.717, 1.165) is 18.4 Å². The number of carbonyl (C=O) groups is 1. The highest BCUT2D eigenvalue weighted by atomic mass is 35.5. The molecule has 0 aliphatic carbocycles. The second-order valence-electron chi connectivity index (χ2n) is 4.93. The number of alkyl halides is 2. The minimum atomic E-state index is -1.44. The van der Waals surface area contributed by atoms with E-state index in [1.165, 1.54) is 0 Å². The van der Waals surface area contributed by atoms with Crippen LogP contribution in [0.3, 0.4) is 0 Å². The molecule has 0 aliphatic rings. The molecule has 2 N–H and O–H groups in total. The molecule has 0 saturated heterocycles. The molecule has 0 unspecified atom stereocenters. The van der Waals surface area contributed by atoms with E-state index in [4.69, 9.17) is 23.2 Å². The van der Waals surface area contributed by atoms with Crippen LogP contribution in [0.25, 0.3) is 0 Å². The standard InChI is InChI=1S/C15H21Cl2NO2/c1-3-4-10-15(16,17)14(20)18-11(2)13(19)12-8-6-5-7-9-12/h5-9,11,13,19H,3-4,10H2,1-2H3,(H,18,20)/t11-,13-/m0/s1. The van der Waals surface area contributed by atoms with E-state index in [1.54, 1.807) is 19.1 Å². The Hall–Kier alpha value is -0.770. The van der Waals surface area contributed by atoms with Crippen molar-refractivity contribution in [1.29, 1.82) is 0 Å². The van der Waals surface area contributed by atoms with E-state index in [2.05, 4.69) is 5.32 Å². The zero-order valence-corrected chi connectivity index (χ0v) is 13.3. The van der Waals surface area contributed by atoms with Gasteiger partial charge in [0.1, 0.15) is 0 Å². The molecule has 0 heterocycles. The number of carbonyl (C=O) groups excluding carboxylic acids is 1. The third-order valence-corrected chi connectivity index (χ3v) is 3.87. The van der Waals surface area contributed by atoms with Gasteiger partial charge in [-0.1, -0.05) is 73.3 Å². The van der Waals surface area contributed by atoms with Crippen molar-refractivity contribution in [3.05, 3.63) is 35.9 Å². The van der Waals surface area contributed by atoms with Crippen molar-refractivity contribution in [1.82, 2.24) is 5.32 Å². The lowest BCUT2D eigenvalue weighted by Gasteiger charge is -2.25. The summed E-state index contributed by atoms with van der Waals surface area (Å²) in [6.45, 7) is 3.72. The van der Waals surface area contributed by atoms with Crippen molar-refractivity contribution in [2.45, 2.75) is 49.6 Å². The molecule has 1 aromatic rings. The van der Waals surface area contributed by atoms with Crippen molar-refractivity contribution >= 4 is 29.1 Å². The van der Waals surface area contributed by atoms with Crippen LogP contribution < -0.4 is 5.32 Å². The predicted molar refractivity (Wildman–Crippen MR) is 83.0 cm³/mol. The van der Waals surface area contributed by atoms with E-state index >= 15 is 0 Å². The molecule has 2 atom stereocenters. The van der Waals surface area contributed by atoms with Crippen LogP contribution in [-0.4, -0.2) is 21.4 Å². The molecule has 1 amide bonds. The molecule has 1 aromatic carbocycles. The van der Waals surface area contributed by atoms with Gasteiger partial charge in [0.15, 0.2) is 4.33 Å². The normalized spacial score (nSPS) is 14.7. The summed E-state index contributed by atoms with van der Waals surface area (Å²) in [6.07, 6.45) is 1.29. The highest BCUT2D eigenvalue weighted by Gasteiger charge is 2.34. The highest BCUT2D eigenvalue weighted by molar-refractivity contribution is 6.58. The smallest absolute Gasteiger partial charge is 0.256 e. The van der Waals surface area contributed by atoms with Crippen LogP contribution in [-0.2, 0) is 4.79 Å². The summed E-state index contributed by atoms with van der Waals surface area (Å²) in [5.41, 5.74) is 0.739. The van der Waals surface area contributed by atoms with Crippen LogP contribution >= 0.6 is 23.2 Å². The molecule has 0 saturated carbocycles. The molecule has 0 radical (unpaired) electrons. The largest absolute Gasteiger partial charge is 0.386 e. The number of hydrogen-bond acceptors (Lipinski definition) is 2. The number of hydrogen-bond donors (Lipinski definition) is 2. The third kappa shape index (κ3) is 4.97. The van der Waals surface area contributed by atoms with Gasteiger partial charge in [-0.3, -0.25) is 4.79 Å². The van der Waals surface area contributed by atoms with Crippen molar-refractivity contribution in [2.24, 2.45) is 0 Å². The van der Waals surface area contributed by atoms with E-state index < -0.39 is 22.4 Å². The van der Waals surface area contributed by atoms with Crippen LogP contribution in [0.4, 0.5) is 0 Å². The summed E-state index contributed by atoms with van der Waals surface area (Å²) in [5, 5.41) is 12.9. The second-order valence-corrected chi connectivity index (χ2v) is 6.41. The lowest BCUT2D eigenvalue weighted by atomic mass is 10.0. The van der Waals surface area contributed by atoms with Crippen molar-refractivity contribution in [2.75, 3.05) is 0 Å². The van der Waals surface area contributed by atoms with Gasteiger partial charge in [-0.15, -0.1) is 0 Å². The first-order valence-corrected chi connectivity index (χ1v) is 7.56. The minimum Gasteiger partial charge on any atom is -0.386 e. The van der Waals surface area contributed by atoms with Gasteiger partial charge in [0.2, 0.25) is 0 Å². The molecule has 5 heteroatoms. The number of aliphatic hydroxyl groups excluding tert-OH is 1. The van der Waals surface area contributed by atoms with Gasteiger partial charge in [0, 0.05) is 0 Å². The minimum absolute atomic E-state index is 0.395. The molecule has 1 rings (SSSR count). The topological polar surface area (TPSA) is 49.3 Å². The van der Waals surface area contributed by atoms with Gasteiger partial charge in [0.05, 0.1) is 12.1 Å². The van der Waals surface area contributed by atoms with Gasteiger partial charge in [0.25, 0.3) is 5.91 Å². The Morgan fingerprint density at radius 1 is 1.35 bits per heavy atom. The first-order valence-electron chi connectivity index (χ1n) is 6.80. The van der Waals surface area contributed by atoms with Crippen LogP contribution in [0.1, 0.15) is 44.8 Å². The number of halogens is 2. The Morgan fingerprint density at radius 3 is 2.50 bits per heavy atom. The fraction of sp³-hybridized carbons (Fsp3) is 0.533. The average molecular weight is 318 g/mol. The maximum absolute atomic E-state index is 12.0. The van der Waals surface area contributed by atoms with Crippen LogP contribution in [0, 0.1) is 0 Å². The maximum Gasteiger partial charge on any atom is 0.256 e. The first-order chi connectivity index (χ1) is 9.38. The zero-order valence-electron chi connectivity index (χ0n) is 11.8. The average Bonchev–Trinajstić information content (AvgIpc) is 2.45. The number of amides is 1. The van der Waals surface area contributed by atoms with Crippen LogP contribution in [0.5, 0.6) is 0 Å². The fourth-order valence-electron chi connectivity index (χ4n) is 1.84. The summed E-state index contributed by atoms with van der Waals surface area (Å²) in [5.74, 6) is -0.461. The second kappa shape index (κ2) is 7.87. The highest BCUT2D eigenvalue weighted by Crippen LogP contribution is 2.28. The maximum atomic E-state index is 12.0. The zero-order chi connectivity index (χ0) is 15.2. The van der Waals surface area contributed by atoms with Gasteiger partial charge < -0.3 is 10.4 Å². The molecular weight excluding hydrogens is 297 g/mol. The number of aliphatic hydroxyl groups is 1. The Kier molecular flexibility index (Phi) is 6.80. The summed E-state index contributed by atoms with van der Waals surface area (Å²) in [4.78, 5) is 12.0. The summed E-state index contributed by atoms with van der Waals surface area (Å²) in [6, 6.07) is 8.68. The number of nitrogens with one attached hydrogen (secondary N) is 1. The molecule has 0 bridgehead atoms. The molecule has 112 valence electrons. The van der Waals surface area contributed by atoms with Gasteiger partial charge in [-0.2, -0.15) is 0 Å². The van der Waals surface area contributed by atoms with Gasteiger partial charge in [-0.25, -0.2) is 0 Å². The van der Waals surface area contributed by atoms with Gasteiger partial charge >= 0.3 is 0 Å². The Labute approximate surface area is 130 Å². The van der Waals surface area contributed by atoms with Crippen molar-refractivity contribution in [3.63, 3.8) is 0 Å². The Morgan fingerprint density at radius 2 is 1.95 bits per heavy atom. The molecular formula is C15H21Cl2NO2. The predicted octanol–water partition coefficient (Wildman–Crippen LogP) is 3.59. The van der Waals surface area contributed by atoms with E-state index in [1.807, 2.05) is 25.1 Å². The fourth-order valence-corrected chi connectivity index (χ4v) is 2.22. The van der Waals surface area contributed by atoms with Crippen LogP contribution in [0.2, 0.25) is 0 Å². The number of unbranched alkanes of at least 4 members (excludes halogenated alkanes) is 1. The quantitative estimate of drug-likeness (QED) is 0.755. The molecule has 3 nitrogen and oxygen atoms in total. The Bertz CT molecular complexity index is 423. The number of rotatable bonds is 7. The van der Waals surface area contributed by atoms with E-state index in [9.17, 15) is 9.90 Å². The Balaban J connectivity index is 2.61. The summed E-state index contributed by atoms with van der Waals surface area (Å²) >= 11 is 12.1. The van der Waals surface area contributed by atoms with Crippen molar-refractivity contribution < 1.29 is 9.90 Å². The SMILES string of the molecule is CCCCC(Cl)(Cl)C(=O)N[C@@H](C)[C@H](O)c1ccccc1. The lowest BCUT2D eigenvalue weighted by Crippen LogP contribution is -2.45. The molecule has 20 heavy (non-hydrogen) atoms. The van der Waals surface area contributed by atoms with Crippen LogP contribution in [0.15, 0.2) is 30.3 Å². The summed E-state index contributed by atoms with van der Waals surface area (Å²) in [7, 11) is 0. The van der Waals surface area contributed by atoms with Crippen molar-refractivity contribution in [3.8, 4) is 0 Å². The third-order valence-electron chi connectivity index (χ3n) is 3.15. The van der Waals surface area contributed by atoms with E-state index in [0.29, 0.717) is 6.42 Å². The summed E-state index contributed by atoms with van der Waals surface area (Å²) < 4.78 is -1.44. The number of benzene rings is 1. The van der Waals surface area contributed by atoms with E-state index in [-0.39, 0.29) is 0 Å². The molecule has 0 fully saturated rings. The lowest BCUT2D eigenvalue weighted by molar-refractivity contribution is -0.123. The monoisotopic (exact) mass is 317 g/mol. The first kappa shape index (κ1) is 17.3. The van der Waals surface area contributed by atoms with Gasteiger partial charge in [-0.05, 0) is 18.9 Å².